The van der Waals surface area contributed by atoms with Gasteiger partial charge in [-0.15, -0.1) is 0 Å². The van der Waals surface area contributed by atoms with Crippen LogP contribution in [0.5, 0.6) is 0 Å². The van der Waals surface area contributed by atoms with Crippen LogP contribution in [0.2, 0.25) is 0 Å². The molecule has 0 aliphatic heterocycles. The van der Waals surface area contributed by atoms with E-state index in [-0.39, 0.29) is 5.60 Å². The van der Waals surface area contributed by atoms with Crippen molar-refractivity contribution in [1.82, 2.24) is 5.32 Å². The molecule has 0 bridgehead atoms. The fourth-order valence-corrected chi connectivity index (χ4v) is 2.43. The summed E-state index contributed by atoms with van der Waals surface area (Å²) in [6.07, 6.45) is 5.21. The third-order valence-electron chi connectivity index (χ3n) is 4.20. The Hall–Kier alpha value is -0.610. The summed E-state index contributed by atoms with van der Waals surface area (Å²) >= 11 is 0. The van der Waals surface area contributed by atoms with E-state index in [1.807, 2.05) is 0 Å². The number of aliphatic carboxylic acids is 1. The molecule has 1 aliphatic rings. The standard InChI is InChI=1S/C14H27NO3/c1-11(10-14(18-4)6-5-7-14)15-9-8-13(2,3)12(16)17/h11,15H,5-10H2,1-4H3,(H,16,17). The molecule has 0 radical (unpaired) electrons. The van der Waals surface area contributed by atoms with Gasteiger partial charge in [0.25, 0.3) is 0 Å². The Morgan fingerprint density at radius 3 is 2.50 bits per heavy atom. The van der Waals surface area contributed by atoms with Crippen molar-refractivity contribution < 1.29 is 14.6 Å². The zero-order chi connectivity index (χ0) is 13.8. The molecule has 4 nitrogen and oxygen atoms in total. The van der Waals surface area contributed by atoms with E-state index in [2.05, 4.69) is 12.2 Å². The highest BCUT2D eigenvalue weighted by Gasteiger charge is 2.38. The van der Waals surface area contributed by atoms with Gasteiger partial charge in [0.15, 0.2) is 0 Å². The van der Waals surface area contributed by atoms with Gasteiger partial charge in [-0.2, -0.15) is 0 Å². The molecule has 0 aromatic heterocycles. The van der Waals surface area contributed by atoms with Crippen LogP contribution in [0.4, 0.5) is 0 Å². The zero-order valence-corrected chi connectivity index (χ0v) is 12.1. The lowest BCUT2D eigenvalue weighted by Crippen LogP contribution is -2.45. The minimum atomic E-state index is -0.732. The van der Waals surface area contributed by atoms with Crippen molar-refractivity contribution in [3.05, 3.63) is 0 Å². The zero-order valence-electron chi connectivity index (χ0n) is 12.1. The quantitative estimate of drug-likeness (QED) is 0.701. The van der Waals surface area contributed by atoms with Gasteiger partial charge in [0.2, 0.25) is 0 Å². The normalized spacial score (nSPS) is 20.2. The van der Waals surface area contributed by atoms with Crippen LogP contribution < -0.4 is 5.32 Å². The maximum atomic E-state index is 11.0. The van der Waals surface area contributed by atoms with Gasteiger partial charge >= 0.3 is 5.97 Å². The lowest BCUT2D eigenvalue weighted by Gasteiger charge is -2.42. The minimum Gasteiger partial charge on any atom is -0.481 e. The van der Waals surface area contributed by atoms with Crippen molar-refractivity contribution >= 4 is 5.97 Å². The second-order valence-corrected chi connectivity index (χ2v) is 6.24. The number of hydrogen-bond acceptors (Lipinski definition) is 3. The molecular formula is C14H27NO3. The third-order valence-corrected chi connectivity index (χ3v) is 4.20. The van der Waals surface area contributed by atoms with Crippen LogP contribution in [0.25, 0.3) is 0 Å². The predicted molar refractivity (Wildman–Crippen MR) is 71.7 cm³/mol. The number of hydrogen-bond donors (Lipinski definition) is 2. The monoisotopic (exact) mass is 257 g/mol. The van der Waals surface area contributed by atoms with Crippen molar-refractivity contribution in [3.63, 3.8) is 0 Å². The Morgan fingerprint density at radius 1 is 1.50 bits per heavy atom. The molecule has 1 rings (SSSR count). The summed E-state index contributed by atoms with van der Waals surface area (Å²) in [6, 6.07) is 0.370. The molecule has 1 aliphatic carbocycles. The summed E-state index contributed by atoms with van der Waals surface area (Å²) in [4.78, 5) is 11.0. The van der Waals surface area contributed by atoms with Crippen LogP contribution in [0.1, 0.15) is 52.9 Å². The molecule has 0 amide bonds. The lowest BCUT2D eigenvalue weighted by molar-refractivity contribution is -0.147. The molecule has 0 spiro atoms. The van der Waals surface area contributed by atoms with Crippen molar-refractivity contribution in [1.29, 1.82) is 0 Å². The van der Waals surface area contributed by atoms with E-state index < -0.39 is 11.4 Å². The van der Waals surface area contributed by atoms with Crippen LogP contribution in [0.15, 0.2) is 0 Å². The molecule has 1 atom stereocenters. The molecule has 2 N–H and O–H groups in total. The first-order chi connectivity index (χ1) is 8.31. The SMILES string of the molecule is COC1(CC(C)NCCC(C)(C)C(=O)O)CCC1. The summed E-state index contributed by atoms with van der Waals surface area (Å²) in [5, 5.41) is 12.4. The third kappa shape index (κ3) is 3.95. The number of methoxy groups -OCH3 is 1. The van der Waals surface area contributed by atoms with E-state index in [0.29, 0.717) is 12.5 Å². The first-order valence-corrected chi connectivity index (χ1v) is 6.83. The van der Waals surface area contributed by atoms with Gasteiger partial charge in [0.05, 0.1) is 11.0 Å². The number of rotatable bonds is 8. The lowest BCUT2D eigenvalue weighted by atomic mass is 9.76. The van der Waals surface area contributed by atoms with Gasteiger partial charge in [0, 0.05) is 13.2 Å². The van der Waals surface area contributed by atoms with Crippen molar-refractivity contribution in [2.24, 2.45) is 5.41 Å². The predicted octanol–water partition coefficient (Wildman–Crippen LogP) is 2.42. The highest BCUT2D eigenvalue weighted by Crippen LogP contribution is 2.38. The molecule has 0 aromatic carbocycles. The first kappa shape index (κ1) is 15.4. The molecule has 0 aromatic rings. The summed E-state index contributed by atoms with van der Waals surface area (Å²) in [5.74, 6) is -0.732. The van der Waals surface area contributed by atoms with Crippen molar-refractivity contribution in [3.8, 4) is 0 Å². The van der Waals surface area contributed by atoms with Crippen LogP contribution in [0.3, 0.4) is 0 Å². The molecule has 106 valence electrons. The van der Waals surface area contributed by atoms with Gasteiger partial charge in [-0.1, -0.05) is 0 Å². The Kier molecular flexibility index (Phi) is 5.17. The molecule has 18 heavy (non-hydrogen) atoms. The van der Waals surface area contributed by atoms with Gasteiger partial charge < -0.3 is 15.2 Å². The van der Waals surface area contributed by atoms with Gasteiger partial charge in [-0.3, -0.25) is 4.79 Å². The second kappa shape index (κ2) is 6.02. The van der Waals surface area contributed by atoms with Crippen LogP contribution >= 0.6 is 0 Å². The molecule has 4 heteroatoms. The maximum absolute atomic E-state index is 11.0. The maximum Gasteiger partial charge on any atom is 0.309 e. The largest absolute Gasteiger partial charge is 0.481 e. The molecule has 1 fully saturated rings. The van der Waals surface area contributed by atoms with E-state index >= 15 is 0 Å². The van der Waals surface area contributed by atoms with E-state index in [9.17, 15) is 4.79 Å². The average Bonchev–Trinajstić information content (AvgIpc) is 2.23. The summed E-state index contributed by atoms with van der Waals surface area (Å²) in [6.45, 7) is 6.42. The Bertz CT molecular complexity index is 279. The molecular weight excluding hydrogens is 230 g/mol. The topological polar surface area (TPSA) is 58.6 Å². The molecule has 0 saturated heterocycles. The Balaban J connectivity index is 2.25. The fraction of sp³-hybridized carbons (Fsp3) is 0.929. The van der Waals surface area contributed by atoms with Crippen LogP contribution in [-0.2, 0) is 9.53 Å². The number of nitrogens with one attached hydrogen (secondary N) is 1. The highest BCUT2D eigenvalue weighted by atomic mass is 16.5. The van der Waals surface area contributed by atoms with E-state index in [1.54, 1.807) is 21.0 Å². The number of ether oxygens (including phenoxy) is 1. The molecule has 1 unspecified atom stereocenters. The highest BCUT2D eigenvalue weighted by molar-refractivity contribution is 5.73. The Labute approximate surface area is 110 Å². The van der Waals surface area contributed by atoms with Crippen LogP contribution in [0, 0.1) is 5.41 Å². The van der Waals surface area contributed by atoms with Crippen molar-refractivity contribution in [2.45, 2.75) is 64.5 Å². The van der Waals surface area contributed by atoms with Crippen molar-refractivity contribution in [2.75, 3.05) is 13.7 Å². The average molecular weight is 257 g/mol. The van der Waals surface area contributed by atoms with E-state index in [0.717, 1.165) is 25.8 Å². The van der Waals surface area contributed by atoms with Crippen LogP contribution in [-0.4, -0.2) is 36.4 Å². The smallest absolute Gasteiger partial charge is 0.309 e. The van der Waals surface area contributed by atoms with E-state index in [4.69, 9.17) is 9.84 Å². The van der Waals surface area contributed by atoms with Gasteiger partial charge in [0.1, 0.15) is 0 Å². The van der Waals surface area contributed by atoms with E-state index in [1.165, 1.54) is 6.42 Å². The Morgan fingerprint density at radius 2 is 2.11 bits per heavy atom. The number of carbonyl (C=O) groups is 1. The summed E-state index contributed by atoms with van der Waals surface area (Å²) < 4.78 is 5.60. The molecule has 1 saturated carbocycles. The summed E-state index contributed by atoms with van der Waals surface area (Å²) in [5.41, 5.74) is -0.573. The number of carboxylic acid groups (broad SMARTS) is 1. The number of carboxylic acids is 1. The van der Waals surface area contributed by atoms with Gasteiger partial charge in [-0.25, -0.2) is 0 Å². The fourth-order valence-electron chi connectivity index (χ4n) is 2.43. The minimum absolute atomic E-state index is 0.0781. The second-order valence-electron chi connectivity index (χ2n) is 6.24. The van der Waals surface area contributed by atoms with Gasteiger partial charge in [-0.05, 0) is 59.4 Å². The molecule has 0 heterocycles. The summed E-state index contributed by atoms with van der Waals surface area (Å²) in [7, 11) is 1.79. The first-order valence-electron chi connectivity index (χ1n) is 6.83.